The lowest BCUT2D eigenvalue weighted by Crippen LogP contribution is -1.62. The molecule has 0 fully saturated rings. The SMILES string of the molecule is O=C(P(=O)=O)P(=O)=O. The zero-order chi connectivity index (χ0) is 6.73. The molecule has 0 aliphatic carbocycles. The maximum absolute atomic E-state index is 9.65. The second-order valence-corrected chi connectivity index (χ2v) is 2.99. The molecule has 0 saturated heterocycles. The molecule has 0 aromatic rings. The van der Waals surface area contributed by atoms with Crippen molar-refractivity contribution in [2.75, 3.05) is 0 Å². The molecule has 0 amide bonds. The normalized spacial score (nSPS) is 8.00. The molecule has 7 heteroatoms. The molecule has 0 bridgehead atoms. The Kier molecular flexibility index (Phi) is 2.52. The van der Waals surface area contributed by atoms with E-state index in [9.17, 15) is 23.1 Å². The Morgan fingerprint density at radius 2 is 1.12 bits per heavy atom. The first kappa shape index (κ1) is 7.47. The maximum Gasteiger partial charge on any atom is 0.401 e. The third-order valence-electron chi connectivity index (χ3n) is 0.312. The topological polar surface area (TPSA) is 85.3 Å². The monoisotopic (exact) mass is 154 g/mol. The minimum atomic E-state index is -3.44. The Balaban J connectivity index is 4.54. The zero-order valence-corrected chi connectivity index (χ0v) is 5.22. The average Bonchev–Trinajstić information content (AvgIpc) is 1.64. The van der Waals surface area contributed by atoms with Crippen molar-refractivity contribution in [2.24, 2.45) is 0 Å². The van der Waals surface area contributed by atoms with Crippen LogP contribution in [-0.4, -0.2) is 5.27 Å². The van der Waals surface area contributed by atoms with Gasteiger partial charge in [-0.15, -0.1) is 0 Å². The Bertz CT molecular complexity index is 191. The van der Waals surface area contributed by atoms with Gasteiger partial charge in [-0.3, -0.25) is 4.79 Å². The van der Waals surface area contributed by atoms with Gasteiger partial charge in [0.05, 0.1) is 0 Å². The fourth-order valence-electron chi connectivity index (χ4n) is 0.0667. The second-order valence-electron chi connectivity index (χ2n) is 0.797. The summed E-state index contributed by atoms with van der Waals surface area (Å²) < 4.78 is 37.8. The van der Waals surface area contributed by atoms with Crippen LogP contribution in [0.5, 0.6) is 0 Å². The number of hydrogen-bond acceptors (Lipinski definition) is 5. The molecule has 0 unspecified atom stereocenters. The lowest BCUT2D eigenvalue weighted by atomic mass is 11.8. The van der Waals surface area contributed by atoms with Crippen LogP contribution in [0.15, 0.2) is 0 Å². The minimum absolute atomic E-state index is 1.74. The van der Waals surface area contributed by atoms with Crippen LogP contribution in [0.3, 0.4) is 0 Å². The van der Waals surface area contributed by atoms with E-state index in [0.29, 0.717) is 0 Å². The highest BCUT2D eigenvalue weighted by Crippen LogP contribution is 2.21. The van der Waals surface area contributed by atoms with Crippen molar-refractivity contribution in [3.63, 3.8) is 0 Å². The van der Waals surface area contributed by atoms with Crippen molar-refractivity contribution in [1.82, 2.24) is 0 Å². The number of rotatable bonds is 2. The van der Waals surface area contributed by atoms with Gasteiger partial charge < -0.3 is 0 Å². The summed E-state index contributed by atoms with van der Waals surface area (Å²) in [6.45, 7) is 0. The molecule has 0 aliphatic heterocycles. The third-order valence-corrected chi connectivity index (χ3v) is 1.92. The van der Waals surface area contributed by atoms with Crippen LogP contribution in [0.2, 0.25) is 0 Å². The van der Waals surface area contributed by atoms with Gasteiger partial charge in [0, 0.05) is 0 Å². The second kappa shape index (κ2) is 2.70. The fourth-order valence-corrected chi connectivity index (χ4v) is 0.600. The van der Waals surface area contributed by atoms with Gasteiger partial charge in [-0.05, 0) is 0 Å². The third kappa shape index (κ3) is 1.96. The van der Waals surface area contributed by atoms with Gasteiger partial charge in [0.25, 0.3) is 0 Å². The number of carbonyl (C=O) groups excluding carboxylic acids is 1. The van der Waals surface area contributed by atoms with Gasteiger partial charge in [-0.1, -0.05) is 0 Å². The van der Waals surface area contributed by atoms with Gasteiger partial charge in [0.2, 0.25) is 0 Å². The molecule has 0 aromatic heterocycles. The Hall–Kier alpha value is -0.530. The van der Waals surface area contributed by atoms with E-state index in [1.165, 1.54) is 0 Å². The summed E-state index contributed by atoms with van der Waals surface area (Å²) in [4.78, 5) is 9.65. The molecular formula is CO5P2. The number of carbonyl (C=O) groups is 1. The highest BCUT2D eigenvalue weighted by Gasteiger charge is 2.13. The van der Waals surface area contributed by atoms with Crippen molar-refractivity contribution in [2.45, 2.75) is 0 Å². The van der Waals surface area contributed by atoms with E-state index in [1.807, 2.05) is 0 Å². The zero-order valence-electron chi connectivity index (χ0n) is 3.44. The summed E-state index contributed by atoms with van der Waals surface area (Å²) >= 11 is 0. The molecule has 0 radical (unpaired) electrons. The van der Waals surface area contributed by atoms with Crippen molar-refractivity contribution in [1.29, 1.82) is 0 Å². The largest absolute Gasteiger partial charge is 0.401 e. The quantitative estimate of drug-likeness (QED) is 0.561. The molecule has 44 valence electrons. The van der Waals surface area contributed by atoms with Crippen molar-refractivity contribution in [3.8, 4) is 0 Å². The number of hydrogen-bond donors (Lipinski definition) is 0. The summed E-state index contributed by atoms with van der Waals surface area (Å²) in [6.07, 6.45) is 0. The van der Waals surface area contributed by atoms with E-state index in [4.69, 9.17) is 0 Å². The summed E-state index contributed by atoms with van der Waals surface area (Å²) in [5, 5.41) is -1.74. The highest BCUT2D eigenvalue weighted by molar-refractivity contribution is 7.80. The molecule has 8 heavy (non-hydrogen) atoms. The van der Waals surface area contributed by atoms with Gasteiger partial charge in [-0.2, -0.15) is 0 Å². The van der Waals surface area contributed by atoms with Gasteiger partial charge in [-0.25, -0.2) is 18.3 Å². The molecule has 0 spiro atoms. The predicted molar refractivity (Wildman–Crippen MR) is 22.0 cm³/mol. The van der Waals surface area contributed by atoms with Crippen molar-refractivity contribution < 1.29 is 23.1 Å². The van der Waals surface area contributed by atoms with Crippen LogP contribution in [0.4, 0.5) is 4.79 Å². The molecule has 0 N–H and O–H groups in total. The Morgan fingerprint density at radius 1 is 0.875 bits per heavy atom. The van der Waals surface area contributed by atoms with Gasteiger partial charge >= 0.3 is 20.6 Å². The van der Waals surface area contributed by atoms with E-state index in [0.717, 1.165) is 0 Å². The molecular weight excluding hydrogens is 154 g/mol. The molecule has 0 saturated carbocycles. The Labute approximate surface area is 44.7 Å². The smallest absolute Gasteiger partial charge is 0.265 e. The molecule has 0 aromatic carbocycles. The predicted octanol–water partition coefficient (Wildman–Crippen LogP) is 1.45. The van der Waals surface area contributed by atoms with Crippen LogP contribution < -0.4 is 0 Å². The average molecular weight is 154 g/mol. The van der Waals surface area contributed by atoms with Crippen LogP contribution >= 0.6 is 15.4 Å². The summed E-state index contributed by atoms with van der Waals surface area (Å²) in [7, 11) is -6.87. The van der Waals surface area contributed by atoms with Gasteiger partial charge in [0.15, 0.2) is 0 Å². The van der Waals surface area contributed by atoms with E-state index < -0.39 is 20.6 Å². The van der Waals surface area contributed by atoms with Gasteiger partial charge in [0.1, 0.15) is 0 Å². The molecule has 0 rings (SSSR count). The van der Waals surface area contributed by atoms with E-state index >= 15 is 0 Å². The van der Waals surface area contributed by atoms with Crippen LogP contribution in [0.1, 0.15) is 0 Å². The van der Waals surface area contributed by atoms with Crippen LogP contribution in [-0.2, 0) is 18.3 Å². The van der Waals surface area contributed by atoms with Crippen molar-refractivity contribution in [3.05, 3.63) is 0 Å². The molecule has 0 atom stereocenters. The summed E-state index contributed by atoms with van der Waals surface area (Å²) in [5.74, 6) is 0. The molecule has 0 heterocycles. The summed E-state index contributed by atoms with van der Waals surface area (Å²) in [5.41, 5.74) is 0. The first-order valence-corrected chi connectivity index (χ1v) is 3.74. The fraction of sp³-hybridized carbons (Fsp3) is 0. The molecule has 5 nitrogen and oxygen atoms in total. The lowest BCUT2D eigenvalue weighted by Gasteiger charge is -1.59. The van der Waals surface area contributed by atoms with E-state index in [1.54, 1.807) is 0 Å². The highest BCUT2D eigenvalue weighted by atomic mass is 31.1. The van der Waals surface area contributed by atoms with Crippen LogP contribution in [0.25, 0.3) is 0 Å². The lowest BCUT2D eigenvalue weighted by molar-refractivity contribution is 0.271. The van der Waals surface area contributed by atoms with Crippen molar-refractivity contribution >= 4 is 20.6 Å². The minimum Gasteiger partial charge on any atom is -0.265 e. The van der Waals surface area contributed by atoms with Crippen LogP contribution in [0, 0.1) is 0 Å². The maximum atomic E-state index is 9.65. The standard InChI is InChI=1S/CO5P2/c2-1(7(3)4)8(5)6. The first-order chi connectivity index (χ1) is 3.55. The first-order valence-electron chi connectivity index (χ1n) is 1.38. The van der Waals surface area contributed by atoms with E-state index in [-0.39, 0.29) is 0 Å². The van der Waals surface area contributed by atoms with E-state index in [2.05, 4.69) is 0 Å². The summed E-state index contributed by atoms with van der Waals surface area (Å²) in [6, 6.07) is 0. The Morgan fingerprint density at radius 3 is 1.12 bits per heavy atom. The molecule has 0 aliphatic rings.